The van der Waals surface area contributed by atoms with Crippen LogP contribution in [0.15, 0.2) is 0 Å². The third-order valence-electron chi connectivity index (χ3n) is 5.25. The lowest BCUT2D eigenvalue weighted by Gasteiger charge is -2.21. The van der Waals surface area contributed by atoms with Crippen molar-refractivity contribution < 1.29 is 14.2 Å². The fourth-order valence-electron chi connectivity index (χ4n) is 3.77. The molecule has 2 aromatic heterocycles. The molecule has 1 aliphatic rings. The number of nitrogens with two attached hydrogens (primary N) is 1. The van der Waals surface area contributed by atoms with Gasteiger partial charge < -0.3 is 19.9 Å². The molecular formula is C20H33N5O3. The normalized spacial score (nSPS) is 18.3. The van der Waals surface area contributed by atoms with Gasteiger partial charge in [0.05, 0.1) is 13.2 Å². The molecule has 0 spiro atoms. The largest absolute Gasteiger partial charge is 0.468 e. The number of nitrogens with zero attached hydrogens (tertiary/aromatic N) is 4. The zero-order valence-electron chi connectivity index (χ0n) is 17.3. The standard InChI is InChI=1S/C20H33N5O3/c1-4-8-14(2)28-19-23-17(21)16-18(24-19)25(20(22-16)26-3)11-6-5-9-15-10-7-12-27-13-15/h14-15H,4-13H2,1-3H3,(H2,21,23,24)/t14-,15?/m1/s1. The fourth-order valence-corrected chi connectivity index (χ4v) is 3.77. The monoisotopic (exact) mass is 391 g/mol. The van der Waals surface area contributed by atoms with E-state index in [0.29, 0.717) is 34.9 Å². The Morgan fingerprint density at radius 3 is 2.86 bits per heavy atom. The molecule has 3 heterocycles. The average Bonchev–Trinajstić information content (AvgIpc) is 3.04. The lowest BCUT2D eigenvalue weighted by molar-refractivity contribution is 0.0506. The van der Waals surface area contributed by atoms with Gasteiger partial charge in [0.2, 0.25) is 0 Å². The first-order valence-corrected chi connectivity index (χ1v) is 10.4. The Kier molecular flexibility index (Phi) is 7.30. The van der Waals surface area contributed by atoms with Gasteiger partial charge in [0.25, 0.3) is 6.01 Å². The number of unbranched alkanes of at least 4 members (excludes halogenated alkanes) is 1. The highest BCUT2D eigenvalue weighted by molar-refractivity contribution is 5.83. The summed E-state index contributed by atoms with van der Waals surface area (Å²) in [5, 5.41) is 0. The van der Waals surface area contributed by atoms with Gasteiger partial charge in [-0.3, -0.25) is 4.57 Å². The molecule has 0 saturated carbocycles. The molecule has 156 valence electrons. The maximum atomic E-state index is 6.12. The van der Waals surface area contributed by atoms with Gasteiger partial charge in [0.1, 0.15) is 0 Å². The Morgan fingerprint density at radius 1 is 1.29 bits per heavy atom. The van der Waals surface area contributed by atoms with Gasteiger partial charge in [-0.15, -0.1) is 0 Å². The van der Waals surface area contributed by atoms with Crippen LogP contribution >= 0.6 is 0 Å². The molecule has 1 aliphatic heterocycles. The van der Waals surface area contributed by atoms with Gasteiger partial charge in [0, 0.05) is 19.8 Å². The van der Waals surface area contributed by atoms with E-state index in [1.165, 1.54) is 19.3 Å². The molecule has 0 aliphatic carbocycles. The number of ether oxygens (including phenoxy) is 3. The molecule has 2 atom stereocenters. The van der Waals surface area contributed by atoms with E-state index in [-0.39, 0.29) is 6.10 Å². The molecule has 0 radical (unpaired) electrons. The summed E-state index contributed by atoms with van der Waals surface area (Å²) >= 11 is 0. The van der Waals surface area contributed by atoms with E-state index in [4.69, 9.17) is 19.9 Å². The number of anilines is 1. The van der Waals surface area contributed by atoms with Gasteiger partial charge in [-0.05, 0) is 44.9 Å². The van der Waals surface area contributed by atoms with E-state index in [9.17, 15) is 0 Å². The van der Waals surface area contributed by atoms with Crippen molar-refractivity contribution in [1.82, 2.24) is 19.5 Å². The van der Waals surface area contributed by atoms with Gasteiger partial charge >= 0.3 is 6.01 Å². The predicted molar refractivity (Wildman–Crippen MR) is 109 cm³/mol. The minimum Gasteiger partial charge on any atom is -0.468 e. The van der Waals surface area contributed by atoms with E-state index < -0.39 is 0 Å². The van der Waals surface area contributed by atoms with Crippen molar-refractivity contribution in [3.8, 4) is 12.0 Å². The maximum Gasteiger partial charge on any atom is 0.320 e. The molecule has 0 bridgehead atoms. The van der Waals surface area contributed by atoms with Crippen LogP contribution in [-0.4, -0.2) is 45.9 Å². The van der Waals surface area contributed by atoms with Crippen molar-refractivity contribution in [3.05, 3.63) is 0 Å². The number of rotatable bonds is 10. The first-order chi connectivity index (χ1) is 13.6. The van der Waals surface area contributed by atoms with Crippen LogP contribution in [0.5, 0.6) is 12.0 Å². The summed E-state index contributed by atoms with van der Waals surface area (Å²) < 4.78 is 18.9. The summed E-state index contributed by atoms with van der Waals surface area (Å²) in [6.45, 7) is 6.72. The molecule has 0 aromatic carbocycles. The van der Waals surface area contributed by atoms with Crippen molar-refractivity contribution in [1.29, 1.82) is 0 Å². The third kappa shape index (κ3) is 5.04. The second-order valence-electron chi connectivity index (χ2n) is 7.61. The second kappa shape index (κ2) is 9.91. The van der Waals surface area contributed by atoms with Gasteiger partial charge in [-0.1, -0.05) is 19.8 Å². The molecule has 8 nitrogen and oxygen atoms in total. The summed E-state index contributed by atoms with van der Waals surface area (Å²) in [5.41, 5.74) is 7.35. The van der Waals surface area contributed by atoms with Crippen LogP contribution < -0.4 is 15.2 Å². The van der Waals surface area contributed by atoms with Crippen molar-refractivity contribution in [2.75, 3.05) is 26.1 Å². The van der Waals surface area contributed by atoms with Gasteiger partial charge in [-0.25, -0.2) is 0 Å². The van der Waals surface area contributed by atoms with Crippen LogP contribution in [0, 0.1) is 5.92 Å². The second-order valence-corrected chi connectivity index (χ2v) is 7.61. The molecular weight excluding hydrogens is 358 g/mol. The highest BCUT2D eigenvalue weighted by atomic mass is 16.5. The number of aryl methyl sites for hydroxylation is 1. The van der Waals surface area contributed by atoms with Crippen LogP contribution in [0.2, 0.25) is 0 Å². The first-order valence-electron chi connectivity index (χ1n) is 10.4. The highest BCUT2D eigenvalue weighted by Gasteiger charge is 2.19. The zero-order valence-corrected chi connectivity index (χ0v) is 17.3. The quantitative estimate of drug-likeness (QED) is 0.618. The van der Waals surface area contributed by atoms with Crippen LogP contribution in [0.25, 0.3) is 11.2 Å². The number of fused-ring (bicyclic) bond motifs is 1. The number of nitrogen functional groups attached to an aromatic ring is 1. The van der Waals surface area contributed by atoms with E-state index in [2.05, 4.69) is 21.9 Å². The molecule has 28 heavy (non-hydrogen) atoms. The minimum absolute atomic E-state index is 0.0397. The summed E-state index contributed by atoms with van der Waals surface area (Å²) in [7, 11) is 1.61. The number of aromatic nitrogens is 4. The highest BCUT2D eigenvalue weighted by Crippen LogP contribution is 2.27. The van der Waals surface area contributed by atoms with E-state index in [1.807, 2.05) is 11.5 Å². The molecule has 1 fully saturated rings. The number of hydrogen-bond acceptors (Lipinski definition) is 7. The van der Waals surface area contributed by atoms with E-state index in [0.717, 1.165) is 45.4 Å². The number of methoxy groups -OCH3 is 1. The number of hydrogen-bond donors (Lipinski definition) is 1. The first kappa shape index (κ1) is 20.6. The van der Waals surface area contributed by atoms with Crippen LogP contribution in [0.3, 0.4) is 0 Å². The zero-order chi connectivity index (χ0) is 19.9. The maximum absolute atomic E-state index is 6.12. The molecule has 1 unspecified atom stereocenters. The van der Waals surface area contributed by atoms with Crippen molar-refractivity contribution in [2.45, 2.75) is 71.4 Å². The summed E-state index contributed by atoms with van der Waals surface area (Å²) in [6, 6.07) is 0.810. The van der Waals surface area contributed by atoms with Crippen molar-refractivity contribution >= 4 is 17.0 Å². The van der Waals surface area contributed by atoms with Crippen LogP contribution in [0.1, 0.15) is 58.8 Å². The molecule has 2 aromatic rings. The summed E-state index contributed by atoms with van der Waals surface area (Å²) in [4.78, 5) is 13.3. The topological polar surface area (TPSA) is 97.3 Å². The lowest BCUT2D eigenvalue weighted by atomic mass is 9.96. The number of imidazole rings is 1. The molecule has 1 saturated heterocycles. The smallest absolute Gasteiger partial charge is 0.320 e. The predicted octanol–water partition coefficient (Wildman–Crippen LogP) is 3.58. The van der Waals surface area contributed by atoms with Crippen molar-refractivity contribution in [3.63, 3.8) is 0 Å². The molecule has 0 amide bonds. The SMILES string of the molecule is CCC[C@@H](C)Oc1nc(N)c2nc(OC)n(CCCCC3CCCOC3)c2n1. The summed E-state index contributed by atoms with van der Waals surface area (Å²) in [6.07, 6.45) is 7.81. The lowest BCUT2D eigenvalue weighted by Crippen LogP contribution is -2.17. The Morgan fingerprint density at radius 2 is 2.14 bits per heavy atom. The van der Waals surface area contributed by atoms with Crippen LogP contribution in [-0.2, 0) is 11.3 Å². The average molecular weight is 392 g/mol. The fraction of sp³-hybridized carbons (Fsp3) is 0.750. The van der Waals surface area contributed by atoms with Gasteiger partial charge in [0.15, 0.2) is 17.0 Å². The Hall–Kier alpha value is -2.09. The Bertz CT molecular complexity index is 758. The summed E-state index contributed by atoms with van der Waals surface area (Å²) in [5.74, 6) is 1.01. The van der Waals surface area contributed by atoms with Gasteiger partial charge in [-0.2, -0.15) is 15.0 Å². The van der Waals surface area contributed by atoms with Crippen molar-refractivity contribution in [2.24, 2.45) is 5.92 Å². The Balaban J connectivity index is 1.70. The molecule has 8 heteroatoms. The molecule has 2 N–H and O–H groups in total. The van der Waals surface area contributed by atoms with Crippen LogP contribution in [0.4, 0.5) is 5.82 Å². The molecule has 3 rings (SSSR count). The Labute approximate surface area is 166 Å². The van der Waals surface area contributed by atoms with E-state index >= 15 is 0 Å². The minimum atomic E-state index is 0.0397. The van der Waals surface area contributed by atoms with E-state index in [1.54, 1.807) is 7.11 Å². The third-order valence-corrected chi connectivity index (χ3v) is 5.25.